The highest BCUT2D eigenvalue weighted by molar-refractivity contribution is 6.30. The number of carbonyl (C=O) groups is 2. The standard InChI is InChI=1S/C20H18ClNO3/c1-20-11-15(14-10-13(21)8-9-16(14)25-20)17(19(24)22(20)2)18(23)12-6-4-3-5-7-12/h3-10,15,17H,11H2,1-2H3. The van der Waals surface area contributed by atoms with Crippen molar-refractivity contribution >= 4 is 23.3 Å². The maximum Gasteiger partial charge on any atom is 0.236 e. The van der Waals surface area contributed by atoms with Gasteiger partial charge in [-0.3, -0.25) is 9.59 Å². The van der Waals surface area contributed by atoms with Crippen molar-refractivity contribution in [1.82, 2.24) is 4.90 Å². The Morgan fingerprint density at radius 3 is 2.68 bits per heavy atom. The Morgan fingerprint density at radius 2 is 1.96 bits per heavy atom. The van der Waals surface area contributed by atoms with Crippen LogP contribution in [0.3, 0.4) is 0 Å². The number of Topliss-reactive ketones (excluding diaryl/α,β-unsaturated/α-hetero) is 1. The number of halogens is 1. The molecule has 1 amide bonds. The second-order valence-corrected chi connectivity index (χ2v) is 7.31. The number of carbonyl (C=O) groups excluding carboxylic acids is 2. The number of rotatable bonds is 2. The number of hydrogen-bond acceptors (Lipinski definition) is 3. The fourth-order valence-electron chi connectivity index (χ4n) is 3.89. The predicted molar refractivity (Wildman–Crippen MR) is 94.9 cm³/mol. The molecule has 128 valence electrons. The molecule has 0 saturated carbocycles. The van der Waals surface area contributed by atoms with Gasteiger partial charge in [-0.1, -0.05) is 41.9 Å². The summed E-state index contributed by atoms with van der Waals surface area (Å²) in [6.45, 7) is 1.89. The van der Waals surface area contributed by atoms with E-state index in [0.29, 0.717) is 22.8 Å². The Kier molecular flexibility index (Phi) is 3.62. The van der Waals surface area contributed by atoms with Crippen LogP contribution in [0.15, 0.2) is 48.5 Å². The molecule has 5 heteroatoms. The normalized spacial score (nSPS) is 27.5. The van der Waals surface area contributed by atoms with E-state index in [2.05, 4.69) is 0 Å². The number of ketones is 1. The van der Waals surface area contributed by atoms with Crippen LogP contribution in [0.1, 0.15) is 35.2 Å². The maximum absolute atomic E-state index is 13.1. The van der Waals surface area contributed by atoms with E-state index >= 15 is 0 Å². The molecular formula is C20H18ClNO3. The van der Waals surface area contributed by atoms with Crippen LogP contribution >= 0.6 is 11.6 Å². The van der Waals surface area contributed by atoms with Crippen LogP contribution in [0.4, 0.5) is 0 Å². The van der Waals surface area contributed by atoms with Gasteiger partial charge in [-0.25, -0.2) is 0 Å². The average molecular weight is 356 g/mol. The molecule has 1 fully saturated rings. The highest BCUT2D eigenvalue weighted by Crippen LogP contribution is 2.50. The number of amides is 1. The lowest BCUT2D eigenvalue weighted by molar-refractivity contribution is -0.165. The van der Waals surface area contributed by atoms with Crippen molar-refractivity contribution in [2.45, 2.75) is 25.0 Å². The third-order valence-electron chi connectivity index (χ3n) is 5.35. The fraction of sp³-hybridized carbons (Fsp3) is 0.300. The van der Waals surface area contributed by atoms with Gasteiger partial charge in [0.15, 0.2) is 11.5 Å². The Bertz CT molecular complexity index is 866. The number of piperidine rings is 1. The summed E-state index contributed by atoms with van der Waals surface area (Å²) in [5.41, 5.74) is 0.629. The van der Waals surface area contributed by atoms with Gasteiger partial charge in [0.05, 0.1) is 0 Å². The van der Waals surface area contributed by atoms with Crippen molar-refractivity contribution in [3.8, 4) is 5.75 Å². The largest absolute Gasteiger partial charge is 0.468 e. The molecule has 3 unspecified atom stereocenters. The molecule has 25 heavy (non-hydrogen) atoms. The van der Waals surface area contributed by atoms with E-state index in [0.717, 1.165) is 5.56 Å². The van der Waals surface area contributed by atoms with E-state index in [1.54, 1.807) is 30.1 Å². The molecular weight excluding hydrogens is 338 g/mol. The van der Waals surface area contributed by atoms with Crippen LogP contribution in [0.25, 0.3) is 0 Å². The van der Waals surface area contributed by atoms with Crippen LogP contribution < -0.4 is 4.74 Å². The smallest absolute Gasteiger partial charge is 0.236 e. The Morgan fingerprint density at radius 1 is 1.24 bits per heavy atom. The first-order valence-electron chi connectivity index (χ1n) is 8.26. The number of benzene rings is 2. The highest BCUT2D eigenvalue weighted by Gasteiger charge is 2.54. The van der Waals surface area contributed by atoms with Crippen LogP contribution in [0, 0.1) is 5.92 Å². The van der Waals surface area contributed by atoms with Crippen molar-refractivity contribution in [2.75, 3.05) is 7.05 Å². The molecule has 2 heterocycles. The Balaban J connectivity index is 1.85. The van der Waals surface area contributed by atoms with Gasteiger partial charge in [0.2, 0.25) is 5.91 Å². The topological polar surface area (TPSA) is 46.6 Å². The predicted octanol–water partition coefficient (Wildman–Crippen LogP) is 3.89. The van der Waals surface area contributed by atoms with E-state index < -0.39 is 11.6 Å². The molecule has 0 spiro atoms. The van der Waals surface area contributed by atoms with Gasteiger partial charge < -0.3 is 9.64 Å². The molecule has 0 N–H and O–H groups in total. The summed E-state index contributed by atoms with van der Waals surface area (Å²) >= 11 is 6.16. The summed E-state index contributed by atoms with van der Waals surface area (Å²) in [5.74, 6) is -0.686. The third-order valence-corrected chi connectivity index (χ3v) is 5.58. The summed E-state index contributed by atoms with van der Waals surface area (Å²) in [6, 6.07) is 14.4. The zero-order valence-electron chi connectivity index (χ0n) is 14.0. The minimum absolute atomic E-state index is 0.155. The number of hydrogen-bond donors (Lipinski definition) is 0. The van der Waals surface area contributed by atoms with Crippen molar-refractivity contribution < 1.29 is 14.3 Å². The highest BCUT2D eigenvalue weighted by atomic mass is 35.5. The lowest BCUT2D eigenvalue weighted by atomic mass is 9.71. The van der Waals surface area contributed by atoms with E-state index in [1.165, 1.54) is 0 Å². The van der Waals surface area contributed by atoms with Gasteiger partial charge in [-0.15, -0.1) is 0 Å². The van der Waals surface area contributed by atoms with Gasteiger partial charge in [0.25, 0.3) is 0 Å². The quantitative estimate of drug-likeness (QED) is 0.606. The monoisotopic (exact) mass is 355 g/mol. The van der Waals surface area contributed by atoms with Crippen LogP contribution in [-0.2, 0) is 4.79 Å². The Labute approximate surface area is 151 Å². The van der Waals surface area contributed by atoms with Crippen molar-refractivity contribution in [1.29, 1.82) is 0 Å². The van der Waals surface area contributed by atoms with E-state index in [9.17, 15) is 9.59 Å². The lowest BCUT2D eigenvalue weighted by Crippen LogP contribution is -2.62. The van der Waals surface area contributed by atoms with E-state index in [4.69, 9.17) is 16.3 Å². The number of likely N-dealkylation sites (tertiary alicyclic amines) is 1. The first-order valence-corrected chi connectivity index (χ1v) is 8.64. The number of ether oxygens (including phenoxy) is 1. The molecule has 0 radical (unpaired) electrons. The van der Waals surface area contributed by atoms with Gasteiger partial charge >= 0.3 is 0 Å². The summed E-state index contributed by atoms with van der Waals surface area (Å²) < 4.78 is 6.10. The minimum atomic E-state index is -0.762. The lowest BCUT2D eigenvalue weighted by Gasteiger charge is -2.51. The van der Waals surface area contributed by atoms with Gasteiger partial charge in [-0.2, -0.15) is 0 Å². The summed E-state index contributed by atoms with van der Waals surface area (Å²) in [5, 5.41) is 0.572. The molecule has 4 rings (SSSR count). The van der Waals surface area contributed by atoms with Crippen molar-refractivity contribution in [3.05, 3.63) is 64.7 Å². The third kappa shape index (κ3) is 2.44. The van der Waals surface area contributed by atoms with Crippen molar-refractivity contribution in [2.24, 2.45) is 5.92 Å². The molecule has 2 aromatic carbocycles. The minimum Gasteiger partial charge on any atom is -0.468 e. The SMILES string of the molecule is CN1C(=O)C(C(=O)c2ccccc2)C2CC1(C)Oc1ccc(Cl)cc12. The van der Waals surface area contributed by atoms with Crippen LogP contribution in [0.5, 0.6) is 5.75 Å². The first-order chi connectivity index (χ1) is 11.9. The van der Waals surface area contributed by atoms with Crippen molar-refractivity contribution in [3.63, 3.8) is 0 Å². The van der Waals surface area contributed by atoms with Gasteiger partial charge in [0, 0.05) is 35.5 Å². The second kappa shape index (κ2) is 5.60. The molecule has 3 atom stereocenters. The van der Waals surface area contributed by atoms with E-state index in [1.807, 2.05) is 37.3 Å². The second-order valence-electron chi connectivity index (χ2n) is 6.88. The molecule has 0 aromatic heterocycles. The molecule has 2 aromatic rings. The zero-order chi connectivity index (χ0) is 17.8. The maximum atomic E-state index is 13.1. The molecule has 1 saturated heterocycles. The summed E-state index contributed by atoms with van der Waals surface area (Å²) in [7, 11) is 1.70. The average Bonchev–Trinajstić information content (AvgIpc) is 2.61. The fourth-order valence-corrected chi connectivity index (χ4v) is 4.07. The first kappa shape index (κ1) is 16.2. The molecule has 2 aliphatic heterocycles. The summed E-state index contributed by atoms with van der Waals surface area (Å²) in [6.07, 6.45) is 0.561. The van der Waals surface area contributed by atoms with Gasteiger partial charge in [-0.05, 0) is 25.1 Å². The van der Waals surface area contributed by atoms with Gasteiger partial charge in [0.1, 0.15) is 11.7 Å². The Hall–Kier alpha value is -2.33. The molecule has 4 nitrogen and oxygen atoms in total. The summed E-state index contributed by atoms with van der Waals surface area (Å²) in [4.78, 5) is 27.7. The molecule has 2 bridgehead atoms. The van der Waals surface area contributed by atoms with Crippen LogP contribution in [0.2, 0.25) is 5.02 Å². The molecule has 0 aliphatic carbocycles. The number of fused-ring (bicyclic) bond motifs is 4. The zero-order valence-corrected chi connectivity index (χ0v) is 14.8. The molecule has 2 aliphatic rings. The van der Waals surface area contributed by atoms with E-state index in [-0.39, 0.29) is 17.6 Å². The van der Waals surface area contributed by atoms with Crippen LogP contribution in [-0.4, -0.2) is 29.4 Å². The number of nitrogens with zero attached hydrogens (tertiary/aromatic N) is 1.